The van der Waals surface area contributed by atoms with Gasteiger partial charge in [-0.25, -0.2) is 4.79 Å². The molecule has 0 unspecified atom stereocenters. The Bertz CT molecular complexity index is 1250. The first-order valence-electron chi connectivity index (χ1n) is 10.1. The molecule has 3 amide bonds. The van der Waals surface area contributed by atoms with Crippen LogP contribution in [0.1, 0.15) is 11.3 Å². The summed E-state index contributed by atoms with van der Waals surface area (Å²) >= 11 is 0. The van der Waals surface area contributed by atoms with Crippen LogP contribution in [-0.2, 0) is 11.3 Å². The number of benzene rings is 3. The first kappa shape index (κ1) is 20.2. The maximum Gasteiger partial charge on any atom is 0.323 e. The Labute approximate surface area is 180 Å². The lowest BCUT2D eigenvalue weighted by Gasteiger charge is -2.13. The highest BCUT2D eigenvalue weighted by molar-refractivity contribution is 6.00. The molecule has 0 aliphatic carbocycles. The summed E-state index contributed by atoms with van der Waals surface area (Å²) in [5.41, 5.74) is 4.93. The predicted octanol–water partition coefficient (Wildman–Crippen LogP) is 5.54. The molecule has 0 aliphatic rings. The lowest BCUT2D eigenvalue weighted by atomic mass is 10.1. The van der Waals surface area contributed by atoms with Crippen molar-refractivity contribution in [3.63, 3.8) is 0 Å². The maximum atomic E-state index is 12.8. The number of hydrogen-bond acceptors (Lipinski definition) is 2. The Balaban J connectivity index is 1.45. The summed E-state index contributed by atoms with van der Waals surface area (Å²) in [7, 11) is 0. The van der Waals surface area contributed by atoms with E-state index < -0.39 is 0 Å². The van der Waals surface area contributed by atoms with Crippen LogP contribution < -0.4 is 16.0 Å². The molecule has 31 heavy (non-hydrogen) atoms. The van der Waals surface area contributed by atoms with Crippen molar-refractivity contribution >= 4 is 39.9 Å². The number of nitrogens with zero attached hydrogens (tertiary/aromatic N) is 1. The van der Waals surface area contributed by atoms with Gasteiger partial charge in [0.25, 0.3) is 0 Å². The van der Waals surface area contributed by atoms with E-state index in [-0.39, 0.29) is 18.5 Å². The molecule has 0 bridgehead atoms. The van der Waals surface area contributed by atoms with Gasteiger partial charge >= 0.3 is 6.03 Å². The van der Waals surface area contributed by atoms with Crippen LogP contribution in [0.2, 0.25) is 0 Å². The minimum absolute atomic E-state index is 0.126. The van der Waals surface area contributed by atoms with Crippen molar-refractivity contribution in [1.82, 2.24) is 4.57 Å². The quantitative estimate of drug-likeness (QED) is 0.402. The highest BCUT2D eigenvalue weighted by Gasteiger charge is 2.12. The first-order chi connectivity index (χ1) is 15.0. The van der Waals surface area contributed by atoms with E-state index in [1.54, 1.807) is 12.1 Å². The van der Waals surface area contributed by atoms with Gasteiger partial charge in [-0.3, -0.25) is 4.79 Å². The van der Waals surface area contributed by atoms with E-state index in [2.05, 4.69) is 22.0 Å². The molecule has 4 rings (SSSR count). The first-order valence-corrected chi connectivity index (χ1v) is 10.1. The van der Waals surface area contributed by atoms with Crippen LogP contribution >= 0.6 is 0 Å². The van der Waals surface area contributed by atoms with Gasteiger partial charge in [-0.15, -0.1) is 0 Å². The van der Waals surface area contributed by atoms with Crippen molar-refractivity contribution < 1.29 is 9.59 Å². The van der Waals surface area contributed by atoms with Crippen molar-refractivity contribution in [2.75, 3.05) is 16.0 Å². The number of rotatable bonds is 5. The molecule has 1 heterocycles. The molecule has 0 fully saturated rings. The molecule has 3 aromatic carbocycles. The Kier molecular flexibility index (Phi) is 5.71. The highest BCUT2D eigenvalue weighted by atomic mass is 16.2. The summed E-state index contributed by atoms with van der Waals surface area (Å²) in [4.78, 5) is 25.0. The topological polar surface area (TPSA) is 75.2 Å². The van der Waals surface area contributed by atoms with Crippen molar-refractivity contribution in [3.8, 4) is 0 Å². The zero-order valence-electron chi connectivity index (χ0n) is 17.5. The van der Waals surface area contributed by atoms with Crippen LogP contribution in [0.5, 0.6) is 0 Å². The smallest absolute Gasteiger partial charge is 0.323 e. The number of amides is 3. The van der Waals surface area contributed by atoms with Gasteiger partial charge in [-0.05, 0) is 61.2 Å². The summed E-state index contributed by atoms with van der Waals surface area (Å²) < 4.78 is 2.00. The number of nitrogens with one attached hydrogen (secondary N) is 3. The molecule has 0 atom stereocenters. The zero-order chi connectivity index (χ0) is 21.8. The van der Waals surface area contributed by atoms with Crippen molar-refractivity contribution in [2.24, 2.45) is 0 Å². The lowest BCUT2D eigenvalue weighted by molar-refractivity contribution is -0.116. The minimum Gasteiger partial charge on any atom is -0.335 e. The number of hydrogen-bond donors (Lipinski definition) is 3. The second-order valence-corrected chi connectivity index (χ2v) is 7.45. The Morgan fingerprint density at radius 3 is 2.29 bits per heavy atom. The average molecular weight is 412 g/mol. The van der Waals surface area contributed by atoms with E-state index in [1.807, 2.05) is 79.1 Å². The molecule has 6 nitrogen and oxygen atoms in total. The van der Waals surface area contributed by atoms with E-state index >= 15 is 0 Å². The van der Waals surface area contributed by atoms with Crippen LogP contribution in [0.3, 0.4) is 0 Å². The van der Waals surface area contributed by atoms with Crippen molar-refractivity contribution in [2.45, 2.75) is 20.4 Å². The van der Waals surface area contributed by atoms with E-state index in [0.717, 1.165) is 22.2 Å². The standard InChI is InChI=1S/C25H24N4O2/c1-17-12-13-21(27-25(31)26-20-9-4-3-5-10-20)15-22(17)28-24(30)16-29-18(2)14-19-8-6-7-11-23(19)29/h3-15H,16H2,1-2H3,(H,28,30)(H2,26,27,31). The van der Waals surface area contributed by atoms with Gasteiger partial charge in [0.2, 0.25) is 5.91 Å². The van der Waals surface area contributed by atoms with Crippen LogP contribution in [0, 0.1) is 13.8 Å². The van der Waals surface area contributed by atoms with Crippen molar-refractivity contribution in [1.29, 1.82) is 0 Å². The number of carbonyl (C=O) groups excluding carboxylic acids is 2. The fourth-order valence-electron chi connectivity index (χ4n) is 3.54. The minimum atomic E-state index is -0.346. The molecular formula is C25H24N4O2. The third-order valence-electron chi connectivity index (χ3n) is 5.12. The van der Waals surface area contributed by atoms with Gasteiger partial charge in [0.1, 0.15) is 6.54 Å². The molecule has 156 valence electrons. The molecule has 0 spiro atoms. The fraction of sp³-hybridized carbons (Fsp3) is 0.120. The zero-order valence-corrected chi connectivity index (χ0v) is 17.5. The SMILES string of the molecule is Cc1ccc(NC(=O)Nc2ccccc2)cc1NC(=O)Cn1c(C)cc2ccccc21. The summed E-state index contributed by atoms with van der Waals surface area (Å²) in [5.74, 6) is -0.126. The molecule has 3 N–H and O–H groups in total. The normalized spacial score (nSPS) is 10.6. The van der Waals surface area contributed by atoms with Crippen LogP contribution in [0.15, 0.2) is 78.9 Å². The second kappa shape index (κ2) is 8.75. The second-order valence-electron chi connectivity index (χ2n) is 7.45. The lowest BCUT2D eigenvalue weighted by Crippen LogP contribution is -2.21. The monoisotopic (exact) mass is 412 g/mol. The number of fused-ring (bicyclic) bond motifs is 1. The summed E-state index contributed by atoms with van der Waals surface area (Å²) in [5, 5.41) is 9.66. The summed E-state index contributed by atoms with van der Waals surface area (Å²) in [6, 6.07) is 24.4. The number of urea groups is 1. The van der Waals surface area contributed by atoms with E-state index in [9.17, 15) is 9.59 Å². The van der Waals surface area contributed by atoms with Crippen LogP contribution in [0.25, 0.3) is 10.9 Å². The molecule has 4 aromatic rings. The van der Waals surface area contributed by atoms with Gasteiger partial charge in [0.15, 0.2) is 0 Å². The third-order valence-corrected chi connectivity index (χ3v) is 5.12. The van der Waals surface area contributed by atoms with Gasteiger partial charge in [0, 0.05) is 28.3 Å². The van der Waals surface area contributed by atoms with E-state index in [1.165, 1.54) is 0 Å². The molecule has 0 saturated heterocycles. The van der Waals surface area contributed by atoms with Crippen LogP contribution in [-0.4, -0.2) is 16.5 Å². The highest BCUT2D eigenvalue weighted by Crippen LogP contribution is 2.22. The number of aromatic nitrogens is 1. The Morgan fingerprint density at radius 1 is 0.774 bits per heavy atom. The molecule has 0 radical (unpaired) electrons. The Hall–Kier alpha value is -4.06. The van der Waals surface area contributed by atoms with Gasteiger partial charge < -0.3 is 20.5 Å². The molecule has 0 aliphatic heterocycles. The van der Waals surface area contributed by atoms with Crippen molar-refractivity contribution in [3.05, 3.63) is 90.1 Å². The van der Waals surface area contributed by atoms with E-state index in [0.29, 0.717) is 17.1 Å². The van der Waals surface area contributed by atoms with Gasteiger partial charge in [0.05, 0.1) is 0 Å². The predicted molar refractivity (Wildman–Crippen MR) is 126 cm³/mol. The number of para-hydroxylation sites is 2. The number of aryl methyl sites for hydroxylation is 2. The summed E-state index contributed by atoms with van der Waals surface area (Å²) in [6.07, 6.45) is 0. The molecule has 0 saturated carbocycles. The average Bonchev–Trinajstić information content (AvgIpc) is 3.06. The Morgan fingerprint density at radius 2 is 1.48 bits per heavy atom. The molecule has 6 heteroatoms. The molecular weight excluding hydrogens is 388 g/mol. The largest absolute Gasteiger partial charge is 0.335 e. The maximum absolute atomic E-state index is 12.8. The number of carbonyl (C=O) groups is 2. The third kappa shape index (κ3) is 4.75. The van der Waals surface area contributed by atoms with Crippen LogP contribution in [0.4, 0.5) is 21.9 Å². The molecule has 1 aromatic heterocycles. The fourth-order valence-corrected chi connectivity index (χ4v) is 3.54. The van der Waals surface area contributed by atoms with Gasteiger partial charge in [-0.1, -0.05) is 42.5 Å². The van der Waals surface area contributed by atoms with E-state index in [4.69, 9.17) is 0 Å². The number of anilines is 3. The van der Waals surface area contributed by atoms with Gasteiger partial charge in [-0.2, -0.15) is 0 Å². The summed E-state index contributed by atoms with van der Waals surface area (Å²) in [6.45, 7) is 4.12.